The minimum atomic E-state index is 0.148. The summed E-state index contributed by atoms with van der Waals surface area (Å²) in [6.07, 6.45) is 7.89. The Bertz CT molecular complexity index is 635. The van der Waals surface area contributed by atoms with Gasteiger partial charge in [0, 0.05) is 19.0 Å². The molecule has 128 valence electrons. The van der Waals surface area contributed by atoms with Gasteiger partial charge in [0.05, 0.1) is 6.20 Å². The van der Waals surface area contributed by atoms with Crippen LogP contribution < -0.4 is 10.1 Å². The zero-order chi connectivity index (χ0) is 16.6. The van der Waals surface area contributed by atoms with Gasteiger partial charge in [0.15, 0.2) is 0 Å². The highest BCUT2D eigenvalue weighted by molar-refractivity contribution is 5.76. The van der Waals surface area contributed by atoms with Crippen LogP contribution in [0.25, 0.3) is 0 Å². The third-order valence-corrected chi connectivity index (χ3v) is 4.23. The van der Waals surface area contributed by atoms with Crippen LogP contribution in [-0.4, -0.2) is 26.9 Å². The average Bonchev–Trinajstić information content (AvgIpc) is 3.26. The molecule has 6 heteroatoms. The summed E-state index contributed by atoms with van der Waals surface area (Å²) in [6, 6.07) is 10.0. The first kappa shape index (κ1) is 16.5. The molecule has 0 bridgehead atoms. The second-order valence-electron chi connectivity index (χ2n) is 6.23. The smallest absolute Gasteiger partial charge is 0.220 e. The molecule has 0 spiro atoms. The van der Waals surface area contributed by atoms with E-state index in [2.05, 4.69) is 15.6 Å². The lowest BCUT2D eigenvalue weighted by molar-refractivity contribution is -0.121. The second-order valence-corrected chi connectivity index (χ2v) is 6.23. The van der Waals surface area contributed by atoms with Gasteiger partial charge in [-0.1, -0.05) is 36.3 Å². The van der Waals surface area contributed by atoms with Crippen LogP contribution in [0.2, 0.25) is 0 Å². The summed E-state index contributed by atoms with van der Waals surface area (Å²) in [4.78, 5) is 11.9. The SMILES string of the molecule is O=C(CCCn1cc(COc2ccccc2)nn1)NC1CCCC1. The van der Waals surface area contributed by atoms with Crippen LogP contribution in [0.1, 0.15) is 44.2 Å². The number of nitrogens with one attached hydrogen (secondary N) is 1. The van der Waals surface area contributed by atoms with Gasteiger partial charge in [-0.2, -0.15) is 0 Å². The number of rotatable bonds is 8. The quantitative estimate of drug-likeness (QED) is 0.809. The Kier molecular flexibility index (Phi) is 5.82. The largest absolute Gasteiger partial charge is 0.487 e. The lowest BCUT2D eigenvalue weighted by Gasteiger charge is -2.11. The van der Waals surface area contributed by atoms with Gasteiger partial charge in [-0.3, -0.25) is 9.48 Å². The summed E-state index contributed by atoms with van der Waals surface area (Å²) < 4.78 is 7.41. The molecule has 0 radical (unpaired) electrons. The van der Waals surface area contributed by atoms with Gasteiger partial charge in [-0.25, -0.2) is 0 Å². The van der Waals surface area contributed by atoms with E-state index in [-0.39, 0.29) is 5.91 Å². The Balaban J connectivity index is 1.35. The number of nitrogens with zero attached hydrogens (tertiary/aromatic N) is 3. The van der Waals surface area contributed by atoms with Crippen molar-refractivity contribution in [2.75, 3.05) is 0 Å². The fourth-order valence-corrected chi connectivity index (χ4v) is 2.96. The van der Waals surface area contributed by atoms with Crippen molar-refractivity contribution in [3.8, 4) is 5.75 Å². The van der Waals surface area contributed by atoms with E-state index in [1.165, 1.54) is 12.8 Å². The number of benzene rings is 1. The standard InChI is InChI=1S/C18H24N4O2/c23-18(19-15-7-4-5-8-15)11-6-12-22-13-16(20-21-22)14-24-17-9-2-1-3-10-17/h1-3,9-10,13,15H,4-8,11-12,14H2,(H,19,23). The van der Waals surface area contributed by atoms with Gasteiger partial charge < -0.3 is 10.1 Å². The first-order valence-electron chi connectivity index (χ1n) is 8.66. The molecule has 6 nitrogen and oxygen atoms in total. The fourth-order valence-electron chi connectivity index (χ4n) is 2.96. The van der Waals surface area contributed by atoms with Gasteiger partial charge in [0.1, 0.15) is 18.1 Å². The molecular weight excluding hydrogens is 304 g/mol. The summed E-state index contributed by atoms with van der Waals surface area (Å²) in [5.41, 5.74) is 0.786. The van der Waals surface area contributed by atoms with E-state index in [0.717, 1.165) is 30.7 Å². The van der Waals surface area contributed by atoms with Crippen LogP contribution in [0.4, 0.5) is 0 Å². The van der Waals surface area contributed by atoms with E-state index in [4.69, 9.17) is 4.74 Å². The van der Waals surface area contributed by atoms with E-state index in [1.807, 2.05) is 36.5 Å². The minimum absolute atomic E-state index is 0.148. The molecule has 1 N–H and O–H groups in total. The first-order chi connectivity index (χ1) is 11.8. The number of carbonyl (C=O) groups is 1. The van der Waals surface area contributed by atoms with Gasteiger partial charge in [-0.05, 0) is 31.4 Å². The summed E-state index contributed by atoms with van der Waals surface area (Å²) in [5.74, 6) is 0.963. The van der Waals surface area contributed by atoms with Crippen molar-refractivity contribution >= 4 is 5.91 Å². The monoisotopic (exact) mass is 328 g/mol. The van der Waals surface area contributed by atoms with Crippen molar-refractivity contribution in [3.05, 3.63) is 42.2 Å². The van der Waals surface area contributed by atoms with Crippen molar-refractivity contribution in [3.63, 3.8) is 0 Å². The van der Waals surface area contributed by atoms with Crippen LogP contribution in [0.3, 0.4) is 0 Å². The van der Waals surface area contributed by atoms with Crippen molar-refractivity contribution in [2.24, 2.45) is 0 Å². The highest BCUT2D eigenvalue weighted by Gasteiger charge is 2.16. The Morgan fingerprint density at radius 3 is 2.83 bits per heavy atom. The second kappa shape index (κ2) is 8.47. The molecule has 3 rings (SSSR count). The Morgan fingerprint density at radius 1 is 1.25 bits per heavy atom. The van der Waals surface area contributed by atoms with E-state index < -0.39 is 0 Å². The third kappa shape index (κ3) is 5.08. The van der Waals surface area contributed by atoms with Gasteiger partial charge in [0.2, 0.25) is 5.91 Å². The predicted octanol–water partition coefficient (Wildman–Crippen LogP) is 2.70. The molecule has 0 aliphatic heterocycles. The van der Waals surface area contributed by atoms with Crippen molar-refractivity contribution < 1.29 is 9.53 Å². The minimum Gasteiger partial charge on any atom is -0.487 e. The molecule has 24 heavy (non-hydrogen) atoms. The topological polar surface area (TPSA) is 69.0 Å². The number of amides is 1. The molecule has 1 fully saturated rings. The van der Waals surface area contributed by atoms with Crippen LogP contribution in [0, 0.1) is 0 Å². The maximum atomic E-state index is 11.9. The number of carbonyl (C=O) groups excluding carboxylic acids is 1. The highest BCUT2D eigenvalue weighted by Crippen LogP contribution is 2.17. The van der Waals surface area contributed by atoms with Gasteiger partial charge >= 0.3 is 0 Å². The van der Waals surface area contributed by atoms with Crippen molar-refractivity contribution in [1.82, 2.24) is 20.3 Å². The van der Waals surface area contributed by atoms with E-state index in [1.54, 1.807) is 4.68 Å². The Morgan fingerprint density at radius 2 is 2.04 bits per heavy atom. The summed E-state index contributed by atoms with van der Waals surface area (Å²) in [6.45, 7) is 1.09. The van der Waals surface area contributed by atoms with Crippen LogP contribution >= 0.6 is 0 Å². The molecule has 1 aliphatic rings. The molecule has 1 saturated carbocycles. The summed E-state index contributed by atoms with van der Waals surface area (Å²) in [5, 5.41) is 11.3. The molecule has 1 amide bonds. The number of para-hydroxylation sites is 1. The maximum Gasteiger partial charge on any atom is 0.220 e. The van der Waals surface area contributed by atoms with E-state index in [9.17, 15) is 4.79 Å². The lowest BCUT2D eigenvalue weighted by Crippen LogP contribution is -2.32. The van der Waals surface area contributed by atoms with E-state index >= 15 is 0 Å². The van der Waals surface area contributed by atoms with E-state index in [0.29, 0.717) is 25.6 Å². The number of hydrogen-bond donors (Lipinski definition) is 1. The van der Waals surface area contributed by atoms with Crippen LogP contribution in [0.5, 0.6) is 5.75 Å². The highest BCUT2D eigenvalue weighted by atomic mass is 16.5. The van der Waals surface area contributed by atoms with Crippen molar-refractivity contribution in [1.29, 1.82) is 0 Å². The maximum absolute atomic E-state index is 11.9. The molecule has 1 aromatic heterocycles. The molecule has 2 aromatic rings. The Labute approximate surface area is 142 Å². The summed E-state index contributed by atoms with van der Waals surface area (Å²) >= 11 is 0. The number of aromatic nitrogens is 3. The van der Waals surface area contributed by atoms with Crippen LogP contribution in [0.15, 0.2) is 36.5 Å². The number of ether oxygens (including phenoxy) is 1. The van der Waals surface area contributed by atoms with Crippen molar-refractivity contribution in [2.45, 2.75) is 57.7 Å². The first-order valence-corrected chi connectivity index (χ1v) is 8.66. The molecule has 0 atom stereocenters. The summed E-state index contributed by atoms with van der Waals surface area (Å²) in [7, 11) is 0. The fraction of sp³-hybridized carbons (Fsp3) is 0.500. The molecule has 0 unspecified atom stereocenters. The number of aryl methyl sites for hydroxylation is 1. The predicted molar refractivity (Wildman–Crippen MR) is 90.4 cm³/mol. The molecule has 1 aromatic carbocycles. The number of hydrogen-bond acceptors (Lipinski definition) is 4. The zero-order valence-corrected chi connectivity index (χ0v) is 13.9. The molecule has 1 heterocycles. The lowest BCUT2D eigenvalue weighted by atomic mass is 10.2. The normalized spacial score (nSPS) is 14.7. The molecule has 0 saturated heterocycles. The van der Waals surface area contributed by atoms with Crippen LogP contribution in [-0.2, 0) is 17.9 Å². The van der Waals surface area contributed by atoms with Gasteiger partial charge in [0.25, 0.3) is 0 Å². The Hall–Kier alpha value is -2.37. The zero-order valence-electron chi connectivity index (χ0n) is 13.9. The average molecular weight is 328 g/mol. The molecule has 1 aliphatic carbocycles. The van der Waals surface area contributed by atoms with Gasteiger partial charge in [-0.15, -0.1) is 5.10 Å². The molecular formula is C18H24N4O2. The third-order valence-electron chi connectivity index (χ3n) is 4.23.